The van der Waals surface area contributed by atoms with E-state index in [2.05, 4.69) is 10.3 Å². The summed E-state index contributed by atoms with van der Waals surface area (Å²) in [5.41, 5.74) is 0.916. The van der Waals surface area contributed by atoms with Gasteiger partial charge in [0.1, 0.15) is 5.01 Å². The first-order chi connectivity index (χ1) is 9.34. The number of amides is 2. The number of thiazole rings is 1. The van der Waals surface area contributed by atoms with E-state index in [4.69, 9.17) is 5.11 Å². The van der Waals surface area contributed by atoms with E-state index < -0.39 is 0 Å². The van der Waals surface area contributed by atoms with Crippen LogP contribution in [0.4, 0.5) is 4.79 Å². The number of aliphatic hydroxyl groups is 1. The van der Waals surface area contributed by atoms with Gasteiger partial charge in [-0.05, 0) is 25.2 Å². The van der Waals surface area contributed by atoms with Gasteiger partial charge in [-0.25, -0.2) is 9.78 Å². The first-order valence-electron chi connectivity index (χ1n) is 6.85. The molecule has 20 heavy (non-hydrogen) atoms. The zero-order valence-corrected chi connectivity index (χ0v) is 13.6. The Morgan fingerprint density at radius 2 is 2.25 bits per heavy atom. The largest absolute Gasteiger partial charge is 0.396 e. The monoisotopic (exact) mass is 299 g/mol. The normalized spacial score (nSPS) is 11.4. The third kappa shape index (κ3) is 5.88. The molecule has 0 radical (unpaired) electrons. The molecule has 1 aromatic rings. The minimum Gasteiger partial charge on any atom is -0.396 e. The van der Waals surface area contributed by atoms with Crippen LogP contribution in [0.2, 0.25) is 0 Å². The summed E-state index contributed by atoms with van der Waals surface area (Å²) in [6.45, 7) is 7.32. The van der Waals surface area contributed by atoms with Gasteiger partial charge in [0.15, 0.2) is 0 Å². The molecule has 0 aromatic carbocycles. The highest BCUT2D eigenvalue weighted by atomic mass is 32.1. The number of rotatable bonds is 7. The molecule has 0 aliphatic heterocycles. The molecule has 1 heterocycles. The van der Waals surface area contributed by atoms with Crippen molar-refractivity contribution >= 4 is 17.4 Å². The standard InChI is InChI=1S/C14H25N3O2S/c1-11-9-20-12(16-11)8-17(4)13(19)15-7-5-6-14(2,3)10-18/h9,18H,5-8,10H2,1-4H3,(H,15,19). The Hall–Kier alpha value is -1.14. The van der Waals surface area contributed by atoms with Crippen LogP contribution in [-0.2, 0) is 6.54 Å². The molecule has 114 valence electrons. The lowest BCUT2D eigenvalue weighted by atomic mass is 9.89. The molecule has 0 fully saturated rings. The van der Waals surface area contributed by atoms with Gasteiger partial charge in [-0.2, -0.15) is 0 Å². The van der Waals surface area contributed by atoms with Gasteiger partial charge in [-0.3, -0.25) is 0 Å². The number of aromatic nitrogens is 1. The number of nitrogens with zero attached hydrogens (tertiary/aromatic N) is 2. The molecule has 0 unspecified atom stereocenters. The van der Waals surface area contributed by atoms with E-state index in [9.17, 15) is 4.79 Å². The van der Waals surface area contributed by atoms with E-state index in [1.807, 2.05) is 26.2 Å². The van der Waals surface area contributed by atoms with Crippen molar-refractivity contribution in [3.8, 4) is 0 Å². The Kier molecular flexibility index (Phi) is 6.42. The fraction of sp³-hybridized carbons (Fsp3) is 0.714. The van der Waals surface area contributed by atoms with Crippen LogP contribution < -0.4 is 5.32 Å². The van der Waals surface area contributed by atoms with Crippen LogP contribution in [0, 0.1) is 12.3 Å². The lowest BCUT2D eigenvalue weighted by Crippen LogP contribution is -2.37. The van der Waals surface area contributed by atoms with Crippen LogP contribution in [0.15, 0.2) is 5.38 Å². The number of hydrogen-bond donors (Lipinski definition) is 2. The smallest absolute Gasteiger partial charge is 0.317 e. The fourth-order valence-corrected chi connectivity index (χ4v) is 2.55. The minimum absolute atomic E-state index is 0.0744. The predicted molar refractivity (Wildman–Crippen MR) is 81.8 cm³/mol. The maximum absolute atomic E-state index is 11.9. The molecule has 1 aromatic heterocycles. The van der Waals surface area contributed by atoms with E-state index in [0.29, 0.717) is 13.1 Å². The van der Waals surface area contributed by atoms with E-state index in [0.717, 1.165) is 23.5 Å². The molecule has 0 saturated heterocycles. The molecule has 2 N–H and O–H groups in total. The first kappa shape index (κ1) is 16.9. The summed E-state index contributed by atoms with van der Waals surface area (Å²) in [5.74, 6) is 0. The Labute approximate surface area is 125 Å². The Morgan fingerprint density at radius 3 is 2.80 bits per heavy atom. The van der Waals surface area contributed by atoms with Crippen molar-refractivity contribution in [2.45, 2.75) is 40.2 Å². The van der Waals surface area contributed by atoms with Crippen molar-refractivity contribution in [3.63, 3.8) is 0 Å². The number of hydrogen-bond acceptors (Lipinski definition) is 4. The maximum atomic E-state index is 11.9. The number of urea groups is 1. The van der Waals surface area contributed by atoms with Crippen molar-refractivity contribution < 1.29 is 9.90 Å². The van der Waals surface area contributed by atoms with Crippen molar-refractivity contribution in [2.24, 2.45) is 5.41 Å². The van der Waals surface area contributed by atoms with Crippen LogP contribution in [0.5, 0.6) is 0 Å². The summed E-state index contributed by atoms with van der Waals surface area (Å²) < 4.78 is 0. The molecule has 1 rings (SSSR count). The first-order valence-corrected chi connectivity index (χ1v) is 7.73. The molecular formula is C14H25N3O2S. The average molecular weight is 299 g/mol. The Bertz CT molecular complexity index is 432. The SMILES string of the molecule is Cc1csc(CN(C)C(=O)NCCCC(C)(C)CO)n1. The molecule has 2 amide bonds. The molecule has 0 saturated carbocycles. The highest BCUT2D eigenvalue weighted by molar-refractivity contribution is 7.09. The summed E-state index contributed by atoms with van der Waals surface area (Å²) in [5, 5.41) is 15.0. The Balaban J connectivity index is 2.25. The number of carbonyl (C=O) groups is 1. The minimum atomic E-state index is -0.0837. The second-order valence-electron chi connectivity index (χ2n) is 5.90. The second kappa shape index (κ2) is 7.59. The molecule has 5 nitrogen and oxygen atoms in total. The number of aryl methyl sites for hydroxylation is 1. The summed E-state index contributed by atoms with van der Waals surface area (Å²) in [7, 11) is 1.77. The molecule has 0 atom stereocenters. The van der Waals surface area contributed by atoms with Crippen molar-refractivity contribution in [1.29, 1.82) is 0 Å². The quantitative estimate of drug-likeness (QED) is 0.760. The third-order valence-electron chi connectivity index (χ3n) is 3.12. The van der Waals surface area contributed by atoms with Gasteiger partial charge < -0.3 is 15.3 Å². The van der Waals surface area contributed by atoms with Gasteiger partial charge in [0.2, 0.25) is 0 Å². The van der Waals surface area contributed by atoms with Gasteiger partial charge >= 0.3 is 6.03 Å². The zero-order valence-electron chi connectivity index (χ0n) is 12.8. The van der Waals surface area contributed by atoms with Crippen molar-refractivity contribution in [1.82, 2.24) is 15.2 Å². The lowest BCUT2D eigenvalue weighted by Gasteiger charge is -2.22. The van der Waals surface area contributed by atoms with Crippen LogP contribution in [0.3, 0.4) is 0 Å². The van der Waals surface area contributed by atoms with Gasteiger partial charge in [0.05, 0.1) is 6.54 Å². The molecule has 0 bridgehead atoms. The van der Waals surface area contributed by atoms with Gasteiger partial charge in [-0.1, -0.05) is 13.8 Å². The number of nitrogens with one attached hydrogen (secondary N) is 1. The molecule has 0 spiro atoms. The summed E-state index contributed by atoms with van der Waals surface area (Å²) in [4.78, 5) is 17.9. The van der Waals surface area contributed by atoms with Crippen LogP contribution >= 0.6 is 11.3 Å². The van der Waals surface area contributed by atoms with Crippen LogP contribution in [0.25, 0.3) is 0 Å². The number of carbonyl (C=O) groups excluding carboxylic acids is 1. The second-order valence-corrected chi connectivity index (χ2v) is 6.84. The molecule has 0 aliphatic rings. The van der Waals surface area contributed by atoms with E-state index >= 15 is 0 Å². The average Bonchev–Trinajstić information content (AvgIpc) is 2.79. The maximum Gasteiger partial charge on any atom is 0.317 e. The van der Waals surface area contributed by atoms with Crippen LogP contribution in [0.1, 0.15) is 37.4 Å². The van der Waals surface area contributed by atoms with Crippen molar-refractivity contribution in [3.05, 3.63) is 16.1 Å². The molecular weight excluding hydrogens is 274 g/mol. The summed E-state index contributed by atoms with van der Waals surface area (Å²) in [6.07, 6.45) is 1.75. The summed E-state index contributed by atoms with van der Waals surface area (Å²) >= 11 is 1.57. The highest BCUT2D eigenvalue weighted by Gasteiger charge is 2.16. The van der Waals surface area contributed by atoms with Gasteiger partial charge in [-0.15, -0.1) is 11.3 Å². The molecule has 0 aliphatic carbocycles. The lowest BCUT2D eigenvalue weighted by molar-refractivity contribution is 0.147. The molecule has 6 heteroatoms. The fourth-order valence-electron chi connectivity index (χ4n) is 1.73. The van der Waals surface area contributed by atoms with Crippen molar-refractivity contribution in [2.75, 3.05) is 20.2 Å². The highest BCUT2D eigenvalue weighted by Crippen LogP contribution is 2.20. The third-order valence-corrected chi connectivity index (χ3v) is 4.07. The topological polar surface area (TPSA) is 65.5 Å². The predicted octanol–water partition coefficient (Wildman–Crippen LogP) is 2.39. The zero-order chi connectivity index (χ0) is 15.2. The van der Waals surface area contributed by atoms with Gasteiger partial charge in [0, 0.05) is 31.3 Å². The van der Waals surface area contributed by atoms with E-state index in [-0.39, 0.29) is 18.1 Å². The van der Waals surface area contributed by atoms with Crippen LogP contribution in [-0.4, -0.2) is 41.2 Å². The van der Waals surface area contributed by atoms with Gasteiger partial charge in [0.25, 0.3) is 0 Å². The van der Waals surface area contributed by atoms with E-state index in [1.165, 1.54) is 0 Å². The number of aliphatic hydroxyl groups excluding tert-OH is 1. The summed E-state index contributed by atoms with van der Waals surface area (Å²) in [6, 6.07) is -0.0837. The Morgan fingerprint density at radius 1 is 1.55 bits per heavy atom. The van der Waals surface area contributed by atoms with E-state index in [1.54, 1.807) is 23.3 Å².